The maximum Gasteiger partial charge on any atom is 0.257 e. The number of ether oxygens (including phenoxy) is 1. The number of carbonyl (C=O) groups excluding carboxylic acids is 1. The number of carbonyl (C=O) groups is 1. The second-order valence-corrected chi connectivity index (χ2v) is 6.41. The summed E-state index contributed by atoms with van der Waals surface area (Å²) in [6.07, 6.45) is 1.52. The van der Waals surface area contributed by atoms with E-state index in [-0.39, 0.29) is 12.5 Å². The number of amides is 1. The number of rotatable bonds is 7. The first kappa shape index (κ1) is 17.6. The molecule has 2 N–H and O–H groups in total. The Morgan fingerprint density at radius 2 is 1.75 bits per heavy atom. The first-order valence-corrected chi connectivity index (χ1v) is 8.72. The minimum absolute atomic E-state index is 0.0958. The molecule has 0 spiro atoms. The van der Waals surface area contributed by atoms with Gasteiger partial charge in [-0.3, -0.25) is 9.52 Å². The van der Waals surface area contributed by atoms with Gasteiger partial charge in [0, 0.05) is 12.7 Å². The Hall–Kier alpha value is -2.80. The van der Waals surface area contributed by atoms with Gasteiger partial charge < -0.3 is 10.1 Å². The van der Waals surface area contributed by atoms with E-state index in [0.717, 1.165) is 11.0 Å². The van der Waals surface area contributed by atoms with Crippen molar-refractivity contribution < 1.29 is 17.9 Å². The summed E-state index contributed by atoms with van der Waals surface area (Å²) in [5.41, 5.74) is 1.20. The lowest BCUT2D eigenvalue weighted by atomic mass is 10.2. The van der Waals surface area contributed by atoms with E-state index in [0.29, 0.717) is 11.4 Å². The van der Waals surface area contributed by atoms with Gasteiger partial charge in [-0.25, -0.2) is 8.42 Å². The minimum atomic E-state index is -3.61. The maximum absolute atomic E-state index is 12.0. The summed E-state index contributed by atoms with van der Waals surface area (Å²) in [6, 6.07) is 15.4. The van der Waals surface area contributed by atoms with Crippen LogP contribution >= 0.6 is 0 Å². The Bertz CT molecular complexity index is 800. The summed E-state index contributed by atoms with van der Waals surface area (Å²) in [4.78, 5) is 11.1. The first-order chi connectivity index (χ1) is 11.5. The number of nitrogens with one attached hydrogen (secondary N) is 2. The van der Waals surface area contributed by atoms with E-state index < -0.39 is 10.0 Å². The van der Waals surface area contributed by atoms with Gasteiger partial charge in [-0.15, -0.1) is 0 Å². The molecule has 0 bridgehead atoms. The normalized spacial score (nSPS) is 11.2. The molecule has 2 aromatic carbocycles. The van der Waals surface area contributed by atoms with Gasteiger partial charge in [0.15, 0.2) is 6.61 Å². The average Bonchev–Trinajstić information content (AvgIpc) is 2.60. The Morgan fingerprint density at radius 1 is 1.08 bits per heavy atom. The largest absolute Gasteiger partial charge is 0.484 e. The maximum atomic E-state index is 12.0. The molecule has 1 amide bonds. The molecule has 0 aromatic heterocycles. The van der Waals surface area contributed by atoms with Crippen LogP contribution in [0.1, 0.15) is 5.56 Å². The van der Waals surface area contributed by atoms with E-state index in [4.69, 9.17) is 4.74 Å². The molecule has 2 rings (SSSR count). The lowest BCUT2D eigenvalue weighted by molar-refractivity contribution is -0.122. The van der Waals surface area contributed by atoms with Crippen molar-refractivity contribution in [2.24, 2.45) is 0 Å². The summed E-state index contributed by atoms with van der Waals surface area (Å²) in [6.45, 7) is -0.0958. The molecule has 0 aliphatic heterocycles. The van der Waals surface area contributed by atoms with Crippen LogP contribution in [0.5, 0.6) is 5.75 Å². The summed E-state index contributed by atoms with van der Waals surface area (Å²) in [7, 11) is -2.09. The smallest absolute Gasteiger partial charge is 0.257 e. The number of anilines is 1. The lowest BCUT2D eigenvalue weighted by Gasteiger charge is -2.07. The third kappa shape index (κ3) is 5.77. The van der Waals surface area contributed by atoms with Crippen molar-refractivity contribution in [2.45, 2.75) is 0 Å². The summed E-state index contributed by atoms with van der Waals surface area (Å²) in [5.74, 6) is 0.229. The quantitative estimate of drug-likeness (QED) is 0.805. The van der Waals surface area contributed by atoms with Crippen molar-refractivity contribution in [3.63, 3.8) is 0 Å². The highest BCUT2D eigenvalue weighted by Gasteiger charge is 2.06. The molecule has 2 aromatic rings. The topological polar surface area (TPSA) is 84.5 Å². The zero-order valence-electron chi connectivity index (χ0n) is 13.1. The van der Waals surface area contributed by atoms with Crippen LogP contribution in [-0.2, 0) is 14.8 Å². The summed E-state index contributed by atoms with van der Waals surface area (Å²) >= 11 is 0. The molecule has 0 aliphatic carbocycles. The molecule has 0 saturated carbocycles. The summed E-state index contributed by atoms with van der Waals surface area (Å²) < 4.78 is 31.7. The number of hydrogen-bond acceptors (Lipinski definition) is 4. The third-order valence-corrected chi connectivity index (χ3v) is 4.02. The molecule has 0 atom stereocenters. The van der Waals surface area contributed by atoms with Crippen LogP contribution < -0.4 is 14.8 Å². The molecule has 0 saturated heterocycles. The van der Waals surface area contributed by atoms with Gasteiger partial charge >= 0.3 is 0 Å². The SMILES string of the molecule is CNC(=O)COc1ccc(NS(=O)(=O)C=Cc2ccccc2)cc1. The molecule has 0 unspecified atom stereocenters. The van der Waals surface area contributed by atoms with E-state index in [9.17, 15) is 13.2 Å². The minimum Gasteiger partial charge on any atom is -0.484 e. The fraction of sp³-hybridized carbons (Fsp3) is 0.118. The predicted octanol–water partition coefficient (Wildman–Crippen LogP) is 2.22. The van der Waals surface area contributed by atoms with Crippen molar-refractivity contribution >= 4 is 27.7 Å². The zero-order chi connectivity index (χ0) is 17.4. The Balaban J connectivity index is 1.97. The molecular formula is C17H18N2O4S. The first-order valence-electron chi connectivity index (χ1n) is 7.18. The summed E-state index contributed by atoms with van der Waals surface area (Å²) in [5, 5.41) is 3.55. The van der Waals surface area contributed by atoms with Crippen molar-refractivity contribution in [3.8, 4) is 5.75 Å². The van der Waals surface area contributed by atoms with Crippen LogP contribution in [0.4, 0.5) is 5.69 Å². The fourth-order valence-corrected chi connectivity index (χ4v) is 2.64. The number of sulfonamides is 1. The molecule has 0 fully saturated rings. The number of benzene rings is 2. The van der Waals surface area contributed by atoms with E-state index >= 15 is 0 Å². The monoisotopic (exact) mass is 346 g/mol. The van der Waals surface area contributed by atoms with Crippen molar-refractivity contribution in [1.82, 2.24) is 5.32 Å². The van der Waals surface area contributed by atoms with Crippen molar-refractivity contribution in [2.75, 3.05) is 18.4 Å². The fourth-order valence-electron chi connectivity index (χ4n) is 1.77. The van der Waals surface area contributed by atoms with Gasteiger partial charge in [0.2, 0.25) is 0 Å². The van der Waals surface area contributed by atoms with Crippen LogP contribution in [0, 0.1) is 0 Å². The number of hydrogen-bond donors (Lipinski definition) is 2. The molecule has 7 heteroatoms. The van der Waals surface area contributed by atoms with Gasteiger partial charge in [0.25, 0.3) is 15.9 Å². The van der Waals surface area contributed by atoms with Gasteiger partial charge in [0.05, 0.1) is 5.41 Å². The van der Waals surface area contributed by atoms with Gasteiger partial charge in [-0.1, -0.05) is 30.3 Å². The lowest BCUT2D eigenvalue weighted by Crippen LogP contribution is -2.24. The number of likely N-dealkylation sites (N-methyl/N-ethyl adjacent to an activating group) is 1. The molecule has 6 nitrogen and oxygen atoms in total. The molecule has 126 valence electrons. The zero-order valence-corrected chi connectivity index (χ0v) is 13.9. The highest BCUT2D eigenvalue weighted by molar-refractivity contribution is 7.95. The van der Waals surface area contributed by atoms with E-state index in [2.05, 4.69) is 10.0 Å². The molecule has 24 heavy (non-hydrogen) atoms. The van der Waals surface area contributed by atoms with Gasteiger partial charge in [-0.2, -0.15) is 0 Å². The van der Waals surface area contributed by atoms with Crippen LogP contribution in [0.15, 0.2) is 60.0 Å². The van der Waals surface area contributed by atoms with Crippen LogP contribution in [0.25, 0.3) is 6.08 Å². The molecule has 0 heterocycles. The van der Waals surface area contributed by atoms with E-state index in [1.807, 2.05) is 30.3 Å². The average molecular weight is 346 g/mol. The molecular weight excluding hydrogens is 328 g/mol. The van der Waals surface area contributed by atoms with Gasteiger partial charge in [-0.05, 0) is 35.9 Å². The molecule has 0 aliphatic rings. The van der Waals surface area contributed by atoms with Crippen molar-refractivity contribution in [1.29, 1.82) is 0 Å². The highest BCUT2D eigenvalue weighted by atomic mass is 32.2. The Labute approximate surface area is 141 Å². The van der Waals surface area contributed by atoms with E-state index in [1.54, 1.807) is 24.3 Å². The van der Waals surface area contributed by atoms with Gasteiger partial charge in [0.1, 0.15) is 5.75 Å². The highest BCUT2D eigenvalue weighted by Crippen LogP contribution is 2.17. The van der Waals surface area contributed by atoms with Crippen LogP contribution in [-0.4, -0.2) is 28.0 Å². The second-order valence-electron chi connectivity index (χ2n) is 4.85. The van der Waals surface area contributed by atoms with Crippen LogP contribution in [0.2, 0.25) is 0 Å². The van der Waals surface area contributed by atoms with E-state index in [1.165, 1.54) is 13.1 Å². The third-order valence-electron chi connectivity index (χ3n) is 3.00. The predicted molar refractivity (Wildman–Crippen MR) is 94.0 cm³/mol. The van der Waals surface area contributed by atoms with Crippen molar-refractivity contribution in [3.05, 3.63) is 65.6 Å². The Morgan fingerprint density at radius 3 is 2.38 bits per heavy atom. The molecule has 0 radical (unpaired) electrons. The Kier molecular flexibility index (Phi) is 5.97. The van der Waals surface area contributed by atoms with Crippen LogP contribution in [0.3, 0.4) is 0 Å². The second kappa shape index (κ2) is 8.16. The standard InChI is InChI=1S/C17H18N2O4S/c1-18-17(20)13-23-16-9-7-15(8-10-16)19-24(21,22)12-11-14-5-3-2-4-6-14/h2-12,19H,13H2,1H3,(H,18,20).